The number of aliphatic imine (C=N–C) groups is 1. The Morgan fingerprint density at radius 1 is 1.30 bits per heavy atom. The van der Waals surface area contributed by atoms with Crippen LogP contribution in [0.3, 0.4) is 0 Å². The van der Waals surface area contributed by atoms with E-state index >= 15 is 0 Å². The molecule has 2 aromatic rings. The van der Waals surface area contributed by atoms with E-state index in [9.17, 15) is 0 Å². The highest BCUT2D eigenvalue weighted by molar-refractivity contribution is 14.0. The molecule has 1 fully saturated rings. The number of ether oxygens (including phenoxy) is 1. The number of aryl methyl sites for hydroxylation is 1. The highest BCUT2D eigenvalue weighted by Gasteiger charge is 2.25. The summed E-state index contributed by atoms with van der Waals surface area (Å²) in [5.74, 6) is 2.45. The minimum Gasteiger partial charge on any atom is -0.497 e. The van der Waals surface area contributed by atoms with Crippen molar-refractivity contribution in [1.29, 1.82) is 0 Å². The lowest BCUT2D eigenvalue weighted by Gasteiger charge is -2.22. The average molecular weight is 480 g/mol. The van der Waals surface area contributed by atoms with Crippen LogP contribution in [0.15, 0.2) is 47.7 Å². The van der Waals surface area contributed by atoms with Crippen LogP contribution in [0.1, 0.15) is 29.0 Å². The minimum absolute atomic E-state index is 0. The molecule has 0 amide bonds. The Morgan fingerprint density at radius 2 is 2.07 bits per heavy atom. The van der Waals surface area contributed by atoms with Crippen molar-refractivity contribution in [3.05, 3.63) is 59.4 Å². The number of halogens is 1. The summed E-state index contributed by atoms with van der Waals surface area (Å²) in [7, 11) is 3.57. The number of likely N-dealkylation sites (tertiary alicyclic amines) is 1. The normalized spacial score (nSPS) is 16.8. The number of hydrogen-bond acceptors (Lipinski definition) is 3. The Morgan fingerprint density at radius 3 is 2.74 bits per heavy atom. The summed E-state index contributed by atoms with van der Waals surface area (Å²) in [5.41, 5.74) is 3.95. The lowest BCUT2D eigenvalue weighted by atomic mass is 9.98. The van der Waals surface area contributed by atoms with Gasteiger partial charge < -0.3 is 15.0 Å². The summed E-state index contributed by atoms with van der Waals surface area (Å²) in [5, 5.41) is 3.51. The fraction of sp³-hybridized carbons (Fsp3) is 0.429. The minimum atomic E-state index is 0. The number of aromatic nitrogens is 1. The van der Waals surface area contributed by atoms with E-state index < -0.39 is 0 Å². The first-order chi connectivity index (χ1) is 12.7. The molecule has 146 valence electrons. The van der Waals surface area contributed by atoms with Crippen molar-refractivity contribution in [2.75, 3.05) is 33.8 Å². The van der Waals surface area contributed by atoms with Crippen molar-refractivity contribution in [3.8, 4) is 5.75 Å². The largest absolute Gasteiger partial charge is 0.497 e. The molecular formula is C21H29IN4O. The summed E-state index contributed by atoms with van der Waals surface area (Å²) >= 11 is 0. The van der Waals surface area contributed by atoms with Gasteiger partial charge in [-0.2, -0.15) is 0 Å². The predicted molar refractivity (Wildman–Crippen MR) is 121 cm³/mol. The van der Waals surface area contributed by atoms with Gasteiger partial charge in [-0.1, -0.05) is 12.1 Å². The summed E-state index contributed by atoms with van der Waals surface area (Å²) in [6.45, 7) is 5.02. The van der Waals surface area contributed by atoms with Crippen LogP contribution < -0.4 is 10.1 Å². The quantitative estimate of drug-likeness (QED) is 0.404. The van der Waals surface area contributed by atoms with Gasteiger partial charge in [-0.3, -0.25) is 9.98 Å². The molecule has 1 atom stereocenters. The van der Waals surface area contributed by atoms with Gasteiger partial charge in [-0.05, 0) is 54.7 Å². The maximum Gasteiger partial charge on any atom is 0.193 e. The number of pyridine rings is 1. The average Bonchev–Trinajstić information content (AvgIpc) is 3.16. The fourth-order valence-corrected chi connectivity index (χ4v) is 3.52. The molecular weight excluding hydrogens is 451 g/mol. The third kappa shape index (κ3) is 5.57. The van der Waals surface area contributed by atoms with Crippen LogP contribution in [0.25, 0.3) is 0 Å². The van der Waals surface area contributed by atoms with E-state index in [2.05, 4.69) is 45.3 Å². The van der Waals surface area contributed by atoms with Crippen LogP contribution in [0.5, 0.6) is 5.75 Å². The SMILES string of the molecule is CN=C(NCCc1ccncc1C)N1CCC(c2ccc(OC)cc2)C1.I. The molecule has 1 saturated heterocycles. The molecule has 27 heavy (non-hydrogen) atoms. The van der Waals surface area contributed by atoms with Gasteiger partial charge in [0.2, 0.25) is 0 Å². The number of hydrogen-bond donors (Lipinski definition) is 1. The van der Waals surface area contributed by atoms with Crippen molar-refractivity contribution in [1.82, 2.24) is 15.2 Å². The van der Waals surface area contributed by atoms with E-state index in [0.717, 1.165) is 44.2 Å². The molecule has 0 radical (unpaired) electrons. The molecule has 5 nitrogen and oxygen atoms in total. The first kappa shape index (κ1) is 21.5. The molecule has 1 unspecified atom stereocenters. The molecule has 6 heteroatoms. The summed E-state index contributed by atoms with van der Waals surface area (Å²) in [6.07, 6.45) is 5.90. The molecule has 3 rings (SSSR count). The molecule has 1 N–H and O–H groups in total. The van der Waals surface area contributed by atoms with Crippen LogP contribution in [-0.2, 0) is 6.42 Å². The second-order valence-electron chi connectivity index (χ2n) is 6.73. The number of methoxy groups -OCH3 is 1. The van der Waals surface area contributed by atoms with E-state index in [1.165, 1.54) is 16.7 Å². The third-order valence-corrected chi connectivity index (χ3v) is 5.10. The monoisotopic (exact) mass is 480 g/mol. The first-order valence-electron chi connectivity index (χ1n) is 9.20. The number of nitrogens with one attached hydrogen (secondary N) is 1. The van der Waals surface area contributed by atoms with Crippen LogP contribution in [0.4, 0.5) is 0 Å². The zero-order valence-corrected chi connectivity index (χ0v) is 18.6. The smallest absolute Gasteiger partial charge is 0.193 e. The topological polar surface area (TPSA) is 49.8 Å². The standard InChI is InChI=1S/C21H28N4O.HI/c1-16-14-23-11-8-17(16)9-12-24-21(22-2)25-13-10-19(15-25)18-4-6-20(26-3)7-5-18;/h4-8,11,14,19H,9-10,12-13,15H2,1-3H3,(H,22,24);1H. The number of nitrogens with zero attached hydrogens (tertiary/aromatic N) is 3. The van der Waals surface area contributed by atoms with Gasteiger partial charge >= 0.3 is 0 Å². The van der Waals surface area contributed by atoms with E-state index in [-0.39, 0.29) is 24.0 Å². The van der Waals surface area contributed by atoms with Crippen molar-refractivity contribution in [3.63, 3.8) is 0 Å². The van der Waals surface area contributed by atoms with Crippen molar-refractivity contribution in [2.45, 2.75) is 25.7 Å². The zero-order valence-electron chi connectivity index (χ0n) is 16.3. The third-order valence-electron chi connectivity index (χ3n) is 5.10. The van der Waals surface area contributed by atoms with Crippen LogP contribution in [-0.4, -0.2) is 49.6 Å². The molecule has 2 heterocycles. The first-order valence-corrected chi connectivity index (χ1v) is 9.20. The van der Waals surface area contributed by atoms with Crippen LogP contribution in [0, 0.1) is 6.92 Å². The van der Waals surface area contributed by atoms with Gasteiger partial charge in [0, 0.05) is 45.0 Å². The Kier molecular flexibility index (Phi) is 8.34. The maximum atomic E-state index is 5.25. The molecule has 0 aliphatic carbocycles. The molecule has 1 aliphatic heterocycles. The number of rotatable bonds is 5. The van der Waals surface area contributed by atoms with Gasteiger partial charge in [0.25, 0.3) is 0 Å². The highest BCUT2D eigenvalue weighted by Crippen LogP contribution is 2.28. The van der Waals surface area contributed by atoms with E-state index in [1.54, 1.807) is 7.11 Å². The second kappa shape index (κ2) is 10.5. The molecule has 1 aromatic heterocycles. The Balaban J connectivity index is 0.00000261. The van der Waals surface area contributed by atoms with Crippen LogP contribution >= 0.6 is 24.0 Å². The summed E-state index contributed by atoms with van der Waals surface area (Å²) in [6, 6.07) is 10.5. The van der Waals surface area contributed by atoms with E-state index in [4.69, 9.17) is 4.74 Å². The molecule has 1 aliphatic rings. The number of benzene rings is 1. The zero-order chi connectivity index (χ0) is 18.4. The predicted octanol–water partition coefficient (Wildman–Crippen LogP) is 3.62. The highest BCUT2D eigenvalue weighted by atomic mass is 127. The lowest BCUT2D eigenvalue weighted by Crippen LogP contribution is -2.40. The molecule has 0 spiro atoms. The lowest BCUT2D eigenvalue weighted by molar-refractivity contribution is 0.414. The van der Waals surface area contributed by atoms with Gasteiger partial charge in [0.1, 0.15) is 5.75 Å². The van der Waals surface area contributed by atoms with Gasteiger partial charge in [-0.15, -0.1) is 24.0 Å². The maximum absolute atomic E-state index is 5.25. The molecule has 0 bridgehead atoms. The van der Waals surface area contributed by atoms with Crippen molar-refractivity contribution in [2.24, 2.45) is 4.99 Å². The van der Waals surface area contributed by atoms with Crippen molar-refractivity contribution >= 4 is 29.9 Å². The van der Waals surface area contributed by atoms with Crippen LogP contribution in [0.2, 0.25) is 0 Å². The van der Waals surface area contributed by atoms with Gasteiger partial charge in [0.05, 0.1) is 7.11 Å². The molecule has 0 saturated carbocycles. The Labute approximate surface area is 179 Å². The summed E-state index contributed by atoms with van der Waals surface area (Å²) < 4.78 is 5.25. The second-order valence-corrected chi connectivity index (χ2v) is 6.73. The Bertz CT molecular complexity index is 748. The van der Waals surface area contributed by atoms with Gasteiger partial charge in [-0.25, -0.2) is 0 Å². The Hall–Kier alpha value is -1.83. The van der Waals surface area contributed by atoms with Gasteiger partial charge in [0.15, 0.2) is 5.96 Å². The van der Waals surface area contributed by atoms with Crippen molar-refractivity contribution < 1.29 is 4.74 Å². The summed E-state index contributed by atoms with van der Waals surface area (Å²) in [4.78, 5) is 11.0. The number of guanidine groups is 1. The van der Waals surface area contributed by atoms with E-state index in [0.29, 0.717) is 5.92 Å². The fourth-order valence-electron chi connectivity index (χ4n) is 3.52. The van der Waals surface area contributed by atoms with E-state index in [1.807, 2.05) is 31.6 Å². The molecule has 1 aromatic carbocycles.